The van der Waals surface area contributed by atoms with Crippen LogP contribution in [0.2, 0.25) is 0 Å². The third-order valence-corrected chi connectivity index (χ3v) is 6.54. The SMILES string of the molecule is N#Cc1cccc2ccc(-c3ccc(C(=O)N4CCN(C(=O)C5(N)CC5)CC4)cc3)cc12. The standard InChI is InChI=1S/C26H24N4O2/c27-17-22-3-1-2-19-6-9-21(16-23(19)22)18-4-7-20(8-5-18)24(31)29-12-14-30(15-13-29)25(32)26(28)10-11-26/h1-9,16H,10-15,28H2. The molecule has 1 saturated carbocycles. The van der Waals surface area contributed by atoms with Crippen LogP contribution in [0.25, 0.3) is 21.9 Å². The van der Waals surface area contributed by atoms with Gasteiger partial charge in [0.2, 0.25) is 5.91 Å². The Labute approximate surface area is 186 Å². The molecule has 0 radical (unpaired) electrons. The van der Waals surface area contributed by atoms with Crippen molar-refractivity contribution < 1.29 is 9.59 Å². The van der Waals surface area contributed by atoms with Crippen molar-refractivity contribution >= 4 is 22.6 Å². The van der Waals surface area contributed by atoms with Gasteiger partial charge in [0.15, 0.2) is 0 Å². The van der Waals surface area contributed by atoms with Crippen LogP contribution in [0.1, 0.15) is 28.8 Å². The van der Waals surface area contributed by atoms with E-state index in [1.165, 1.54) is 0 Å². The zero-order valence-corrected chi connectivity index (χ0v) is 17.8. The van der Waals surface area contributed by atoms with Gasteiger partial charge in [-0.1, -0.05) is 36.4 Å². The van der Waals surface area contributed by atoms with Crippen molar-refractivity contribution in [2.24, 2.45) is 5.73 Å². The lowest BCUT2D eigenvalue weighted by molar-refractivity contribution is -0.135. The van der Waals surface area contributed by atoms with Crippen LogP contribution in [0.15, 0.2) is 60.7 Å². The quantitative estimate of drug-likeness (QED) is 0.699. The molecule has 0 unspecified atom stereocenters. The molecule has 1 heterocycles. The van der Waals surface area contributed by atoms with E-state index in [9.17, 15) is 14.9 Å². The fourth-order valence-electron chi connectivity index (χ4n) is 4.31. The van der Waals surface area contributed by atoms with Gasteiger partial charge in [-0.2, -0.15) is 5.26 Å². The van der Waals surface area contributed by atoms with Gasteiger partial charge in [-0.3, -0.25) is 9.59 Å². The molecular weight excluding hydrogens is 400 g/mol. The summed E-state index contributed by atoms with van der Waals surface area (Å²) in [5, 5.41) is 11.3. The Balaban J connectivity index is 1.29. The second-order valence-electron chi connectivity index (χ2n) is 8.67. The van der Waals surface area contributed by atoms with Crippen LogP contribution >= 0.6 is 0 Å². The zero-order valence-electron chi connectivity index (χ0n) is 17.8. The van der Waals surface area contributed by atoms with Crippen LogP contribution in [-0.2, 0) is 4.79 Å². The second-order valence-corrected chi connectivity index (χ2v) is 8.67. The van der Waals surface area contributed by atoms with Crippen molar-refractivity contribution in [2.45, 2.75) is 18.4 Å². The number of hydrogen-bond donors (Lipinski definition) is 1. The first kappa shape index (κ1) is 20.2. The monoisotopic (exact) mass is 424 g/mol. The molecule has 0 spiro atoms. The summed E-state index contributed by atoms with van der Waals surface area (Å²) in [5.41, 5.74) is 8.64. The molecule has 0 aromatic heterocycles. The van der Waals surface area contributed by atoms with Gasteiger partial charge in [0.1, 0.15) is 0 Å². The van der Waals surface area contributed by atoms with Crippen LogP contribution < -0.4 is 5.73 Å². The molecule has 5 rings (SSSR count). The second kappa shape index (κ2) is 7.77. The predicted molar refractivity (Wildman–Crippen MR) is 123 cm³/mol. The maximum atomic E-state index is 13.0. The molecule has 6 nitrogen and oxygen atoms in total. The first-order valence-electron chi connectivity index (χ1n) is 10.9. The summed E-state index contributed by atoms with van der Waals surface area (Å²) in [4.78, 5) is 28.9. The Hall–Kier alpha value is -3.69. The maximum Gasteiger partial charge on any atom is 0.253 e. The van der Waals surface area contributed by atoms with Crippen molar-refractivity contribution in [3.05, 3.63) is 71.8 Å². The summed E-state index contributed by atoms with van der Waals surface area (Å²) in [6.45, 7) is 2.09. The molecule has 0 bridgehead atoms. The fraction of sp³-hybridized carbons (Fsp3) is 0.269. The number of benzene rings is 3. The number of nitrogens with zero attached hydrogens (tertiary/aromatic N) is 3. The van der Waals surface area contributed by atoms with E-state index < -0.39 is 5.54 Å². The van der Waals surface area contributed by atoms with Gasteiger partial charge in [0.05, 0.1) is 17.2 Å². The number of nitriles is 1. The van der Waals surface area contributed by atoms with Gasteiger partial charge in [0.25, 0.3) is 5.91 Å². The van der Waals surface area contributed by atoms with Gasteiger partial charge in [-0.25, -0.2) is 0 Å². The molecule has 3 aromatic rings. The highest BCUT2D eigenvalue weighted by atomic mass is 16.2. The number of fused-ring (bicyclic) bond motifs is 1. The number of nitrogens with two attached hydrogens (primary N) is 1. The van der Waals surface area contributed by atoms with Crippen molar-refractivity contribution in [3.8, 4) is 17.2 Å². The van der Waals surface area contributed by atoms with E-state index in [-0.39, 0.29) is 11.8 Å². The van der Waals surface area contributed by atoms with E-state index >= 15 is 0 Å². The molecule has 32 heavy (non-hydrogen) atoms. The van der Waals surface area contributed by atoms with Crippen LogP contribution in [0.5, 0.6) is 0 Å². The molecule has 0 atom stereocenters. The van der Waals surface area contributed by atoms with E-state index in [2.05, 4.69) is 6.07 Å². The van der Waals surface area contributed by atoms with Crippen LogP contribution in [0.3, 0.4) is 0 Å². The fourth-order valence-corrected chi connectivity index (χ4v) is 4.31. The van der Waals surface area contributed by atoms with Gasteiger partial charge >= 0.3 is 0 Å². The summed E-state index contributed by atoms with van der Waals surface area (Å²) in [7, 11) is 0. The Morgan fingerprint density at radius 2 is 1.53 bits per heavy atom. The minimum absolute atomic E-state index is 0.0175. The zero-order chi connectivity index (χ0) is 22.3. The van der Waals surface area contributed by atoms with Crippen molar-refractivity contribution in [2.75, 3.05) is 26.2 Å². The van der Waals surface area contributed by atoms with Crippen molar-refractivity contribution in [1.29, 1.82) is 5.26 Å². The predicted octanol–water partition coefficient (Wildman–Crippen LogP) is 3.15. The average molecular weight is 425 g/mol. The topological polar surface area (TPSA) is 90.4 Å². The summed E-state index contributed by atoms with van der Waals surface area (Å²) in [5.74, 6) is -0.00768. The first-order chi connectivity index (χ1) is 15.5. The lowest BCUT2D eigenvalue weighted by atomic mass is 9.98. The average Bonchev–Trinajstić information content (AvgIpc) is 3.61. The molecule has 1 saturated heterocycles. The molecule has 2 N–H and O–H groups in total. The molecule has 160 valence electrons. The summed E-state index contributed by atoms with van der Waals surface area (Å²) in [6.07, 6.45) is 1.51. The van der Waals surface area contributed by atoms with E-state index in [0.717, 1.165) is 34.7 Å². The molecule has 1 aliphatic carbocycles. The number of hydrogen-bond acceptors (Lipinski definition) is 4. The van der Waals surface area contributed by atoms with Gasteiger partial charge in [-0.15, -0.1) is 0 Å². The lowest BCUT2D eigenvalue weighted by Crippen LogP contribution is -2.55. The molecular formula is C26H24N4O2. The number of carbonyl (C=O) groups excluding carboxylic acids is 2. The number of amides is 2. The van der Waals surface area contributed by atoms with Crippen LogP contribution in [0.4, 0.5) is 0 Å². The van der Waals surface area contributed by atoms with E-state index in [1.807, 2.05) is 60.7 Å². The van der Waals surface area contributed by atoms with Crippen LogP contribution in [-0.4, -0.2) is 53.3 Å². The Morgan fingerprint density at radius 3 is 2.19 bits per heavy atom. The smallest absolute Gasteiger partial charge is 0.253 e. The van der Waals surface area contributed by atoms with Gasteiger partial charge in [-0.05, 0) is 53.6 Å². The van der Waals surface area contributed by atoms with Gasteiger partial charge in [0, 0.05) is 37.1 Å². The first-order valence-corrected chi connectivity index (χ1v) is 10.9. The number of piperazine rings is 1. The number of rotatable bonds is 3. The highest BCUT2D eigenvalue weighted by Gasteiger charge is 2.48. The summed E-state index contributed by atoms with van der Waals surface area (Å²) >= 11 is 0. The van der Waals surface area contributed by atoms with Crippen molar-refractivity contribution in [3.63, 3.8) is 0 Å². The molecule has 2 aliphatic rings. The lowest BCUT2D eigenvalue weighted by Gasteiger charge is -2.36. The molecule has 2 fully saturated rings. The summed E-state index contributed by atoms with van der Waals surface area (Å²) < 4.78 is 0. The van der Waals surface area contributed by atoms with Crippen molar-refractivity contribution in [1.82, 2.24) is 9.80 Å². The highest BCUT2D eigenvalue weighted by molar-refractivity contribution is 5.96. The Bertz CT molecular complexity index is 1250. The van der Waals surface area contributed by atoms with E-state index in [0.29, 0.717) is 37.3 Å². The molecule has 6 heteroatoms. The normalized spacial score (nSPS) is 17.1. The minimum Gasteiger partial charge on any atom is -0.338 e. The number of carbonyl (C=O) groups is 2. The largest absolute Gasteiger partial charge is 0.338 e. The van der Waals surface area contributed by atoms with Gasteiger partial charge < -0.3 is 15.5 Å². The molecule has 2 amide bonds. The molecule has 3 aromatic carbocycles. The third-order valence-electron chi connectivity index (χ3n) is 6.54. The Kier molecular flexibility index (Phi) is 4.91. The van der Waals surface area contributed by atoms with E-state index in [4.69, 9.17) is 5.73 Å². The van der Waals surface area contributed by atoms with Crippen LogP contribution in [0, 0.1) is 11.3 Å². The third kappa shape index (κ3) is 3.61. The van der Waals surface area contributed by atoms with E-state index in [1.54, 1.807) is 9.80 Å². The minimum atomic E-state index is -0.654. The molecule has 1 aliphatic heterocycles. The highest BCUT2D eigenvalue weighted by Crippen LogP contribution is 2.34. The summed E-state index contributed by atoms with van der Waals surface area (Å²) in [6, 6.07) is 21.6. The maximum absolute atomic E-state index is 13.0. The Morgan fingerprint density at radius 1 is 0.875 bits per heavy atom.